The molecule has 1 amide bonds. The van der Waals surface area contributed by atoms with Crippen LogP contribution in [0.25, 0.3) is 0 Å². The third kappa shape index (κ3) is 5.11. The summed E-state index contributed by atoms with van der Waals surface area (Å²) in [5.41, 5.74) is 4.96. The summed E-state index contributed by atoms with van der Waals surface area (Å²) in [7, 11) is 2.21. The second-order valence-corrected chi connectivity index (χ2v) is 6.52. The zero-order valence-electron chi connectivity index (χ0n) is 13.0. The molecule has 0 saturated heterocycles. The number of carbonyl (C=O) groups excluding carboxylic acids is 1. The van der Waals surface area contributed by atoms with Gasteiger partial charge < -0.3 is 16.0 Å². The van der Waals surface area contributed by atoms with Crippen molar-refractivity contribution in [2.24, 2.45) is 5.73 Å². The van der Waals surface area contributed by atoms with Crippen LogP contribution in [-0.2, 0) is 4.79 Å². The smallest absolute Gasteiger partial charge is 0.237 e. The summed E-state index contributed by atoms with van der Waals surface area (Å²) in [5.74, 6) is -0.242. The highest BCUT2D eigenvalue weighted by atomic mass is 16.1. The van der Waals surface area contributed by atoms with E-state index in [0.29, 0.717) is 0 Å². The van der Waals surface area contributed by atoms with Gasteiger partial charge in [-0.1, -0.05) is 6.42 Å². The van der Waals surface area contributed by atoms with Gasteiger partial charge in [-0.25, -0.2) is 0 Å². The van der Waals surface area contributed by atoms with Crippen molar-refractivity contribution in [1.82, 2.24) is 10.2 Å². The van der Waals surface area contributed by atoms with Crippen molar-refractivity contribution in [1.29, 1.82) is 0 Å². The minimum absolute atomic E-state index is 0.242. The number of nitrogens with one attached hydrogen (secondary N) is 1. The Morgan fingerprint density at radius 2 is 2.05 bits per heavy atom. The van der Waals surface area contributed by atoms with Gasteiger partial charge in [-0.15, -0.1) is 0 Å². The molecule has 1 unspecified atom stereocenters. The van der Waals surface area contributed by atoms with Crippen LogP contribution in [0.2, 0.25) is 0 Å². The van der Waals surface area contributed by atoms with E-state index in [1.54, 1.807) is 0 Å². The first-order chi connectivity index (χ1) is 8.85. The van der Waals surface area contributed by atoms with Crippen LogP contribution < -0.4 is 11.1 Å². The first-order valence-electron chi connectivity index (χ1n) is 7.63. The average Bonchev–Trinajstić information content (AvgIpc) is 2.20. The van der Waals surface area contributed by atoms with E-state index >= 15 is 0 Å². The Hall–Kier alpha value is -0.610. The van der Waals surface area contributed by atoms with Gasteiger partial charge in [-0.05, 0) is 66.5 Å². The Labute approximate surface area is 118 Å². The molecule has 0 heterocycles. The van der Waals surface area contributed by atoms with Crippen molar-refractivity contribution in [3.05, 3.63) is 0 Å². The fourth-order valence-corrected chi connectivity index (χ4v) is 2.75. The van der Waals surface area contributed by atoms with Gasteiger partial charge in [0, 0.05) is 12.1 Å². The Bertz CT molecular complexity index is 289. The first-order valence-corrected chi connectivity index (χ1v) is 7.63. The van der Waals surface area contributed by atoms with Crippen LogP contribution in [0, 0.1) is 0 Å². The number of nitrogens with two attached hydrogens (primary N) is 1. The topological polar surface area (TPSA) is 58.4 Å². The molecule has 0 aromatic rings. The lowest BCUT2D eigenvalue weighted by Gasteiger charge is -2.35. The minimum Gasteiger partial charge on any atom is -0.368 e. The SMILES string of the molecule is CC(C)NC(C)(CCCCN(C)C1CCC1)C(N)=O. The maximum absolute atomic E-state index is 11.6. The number of unbranched alkanes of at least 4 members (excludes halogenated alkanes) is 1. The standard InChI is InChI=1S/C15H31N3O/c1-12(2)17-15(3,14(16)19)10-5-6-11-18(4)13-8-7-9-13/h12-13,17H,5-11H2,1-4H3,(H2,16,19). The molecule has 1 rings (SSSR count). The molecule has 1 saturated carbocycles. The van der Waals surface area contributed by atoms with Crippen molar-refractivity contribution in [2.75, 3.05) is 13.6 Å². The van der Waals surface area contributed by atoms with Crippen molar-refractivity contribution in [2.45, 2.75) is 76.9 Å². The van der Waals surface area contributed by atoms with E-state index in [-0.39, 0.29) is 11.9 Å². The summed E-state index contributed by atoms with van der Waals surface area (Å²) in [5, 5.41) is 3.30. The molecule has 0 spiro atoms. The third-order valence-electron chi connectivity index (χ3n) is 4.29. The van der Waals surface area contributed by atoms with Gasteiger partial charge in [0.15, 0.2) is 0 Å². The number of carbonyl (C=O) groups is 1. The largest absolute Gasteiger partial charge is 0.368 e. The monoisotopic (exact) mass is 269 g/mol. The molecule has 0 bridgehead atoms. The second kappa shape index (κ2) is 7.25. The Morgan fingerprint density at radius 1 is 1.42 bits per heavy atom. The van der Waals surface area contributed by atoms with E-state index < -0.39 is 5.54 Å². The summed E-state index contributed by atoms with van der Waals surface area (Å²) < 4.78 is 0. The van der Waals surface area contributed by atoms with Gasteiger partial charge in [-0.2, -0.15) is 0 Å². The van der Waals surface area contributed by atoms with E-state index in [1.807, 2.05) is 20.8 Å². The number of amides is 1. The average molecular weight is 269 g/mol. The molecule has 19 heavy (non-hydrogen) atoms. The van der Waals surface area contributed by atoms with Crippen LogP contribution in [0.3, 0.4) is 0 Å². The van der Waals surface area contributed by atoms with E-state index in [1.165, 1.54) is 19.3 Å². The zero-order chi connectivity index (χ0) is 14.5. The quantitative estimate of drug-likeness (QED) is 0.628. The molecule has 0 aromatic carbocycles. The van der Waals surface area contributed by atoms with Gasteiger partial charge in [-0.3, -0.25) is 4.79 Å². The molecule has 112 valence electrons. The van der Waals surface area contributed by atoms with Crippen LogP contribution in [0.15, 0.2) is 0 Å². The number of primary amides is 1. The van der Waals surface area contributed by atoms with E-state index in [2.05, 4.69) is 17.3 Å². The van der Waals surface area contributed by atoms with Crippen LogP contribution in [0.1, 0.15) is 59.3 Å². The fraction of sp³-hybridized carbons (Fsp3) is 0.933. The summed E-state index contributed by atoms with van der Waals surface area (Å²) in [6.45, 7) is 7.14. The molecular formula is C15H31N3O. The summed E-state index contributed by atoms with van der Waals surface area (Å²) in [6, 6.07) is 1.08. The second-order valence-electron chi connectivity index (χ2n) is 6.52. The number of rotatable bonds is 9. The normalized spacial score (nSPS) is 19.5. The van der Waals surface area contributed by atoms with Crippen molar-refractivity contribution >= 4 is 5.91 Å². The maximum atomic E-state index is 11.6. The lowest BCUT2D eigenvalue weighted by atomic mass is 9.91. The summed E-state index contributed by atoms with van der Waals surface area (Å²) >= 11 is 0. The highest BCUT2D eigenvalue weighted by Crippen LogP contribution is 2.24. The van der Waals surface area contributed by atoms with Gasteiger partial charge in [0.2, 0.25) is 5.91 Å². The van der Waals surface area contributed by atoms with Crippen LogP contribution in [0.5, 0.6) is 0 Å². The molecule has 4 heteroatoms. The first kappa shape index (κ1) is 16.4. The molecule has 1 aliphatic rings. The highest BCUT2D eigenvalue weighted by molar-refractivity contribution is 5.84. The van der Waals surface area contributed by atoms with Gasteiger partial charge >= 0.3 is 0 Å². The van der Waals surface area contributed by atoms with Crippen LogP contribution >= 0.6 is 0 Å². The molecule has 1 aliphatic carbocycles. The minimum atomic E-state index is -0.566. The molecule has 0 radical (unpaired) electrons. The van der Waals surface area contributed by atoms with E-state index in [9.17, 15) is 4.79 Å². The molecule has 0 aromatic heterocycles. The van der Waals surface area contributed by atoms with Gasteiger partial charge in [0.25, 0.3) is 0 Å². The van der Waals surface area contributed by atoms with Crippen molar-refractivity contribution in [3.8, 4) is 0 Å². The Kier molecular flexibility index (Phi) is 6.27. The third-order valence-corrected chi connectivity index (χ3v) is 4.29. The van der Waals surface area contributed by atoms with Gasteiger partial charge in [0.05, 0.1) is 5.54 Å². The Morgan fingerprint density at radius 3 is 2.47 bits per heavy atom. The summed E-state index contributed by atoms with van der Waals surface area (Å²) in [4.78, 5) is 14.1. The number of hydrogen-bond acceptors (Lipinski definition) is 3. The van der Waals surface area contributed by atoms with Gasteiger partial charge in [0.1, 0.15) is 0 Å². The van der Waals surface area contributed by atoms with Crippen LogP contribution in [0.4, 0.5) is 0 Å². The fourth-order valence-electron chi connectivity index (χ4n) is 2.75. The predicted molar refractivity (Wildman–Crippen MR) is 80.0 cm³/mol. The number of nitrogens with zero attached hydrogens (tertiary/aromatic N) is 1. The van der Waals surface area contributed by atoms with Crippen LogP contribution in [-0.4, -0.2) is 42.0 Å². The predicted octanol–water partition coefficient (Wildman–Crippen LogP) is 1.88. The molecular weight excluding hydrogens is 238 g/mol. The Balaban J connectivity index is 2.26. The maximum Gasteiger partial charge on any atom is 0.237 e. The molecule has 4 nitrogen and oxygen atoms in total. The van der Waals surface area contributed by atoms with Crippen molar-refractivity contribution in [3.63, 3.8) is 0 Å². The summed E-state index contributed by atoms with van der Waals surface area (Å²) in [6.07, 6.45) is 7.08. The lowest BCUT2D eigenvalue weighted by molar-refractivity contribution is -0.124. The highest BCUT2D eigenvalue weighted by Gasteiger charge is 2.30. The lowest BCUT2D eigenvalue weighted by Crippen LogP contribution is -2.55. The molecule has 0 aliphatic heterocycles. The number of hydrogen-bond donors (Lipinski definition) is 2. The zero-order valence-corrected chi connectivity index (χ0v) is 13.0. The van der Waals surface area contributed by atoms with E-state index in [0.717, 1.165) is 31.8 Å². The molecule has 1 fully saturated rings. The molecule has 3 N–H and O–H groups in total. The van der Waals surface area contributed by atoms with E-state index in [4.69, 9.17) is 5.73 Å². The molecule has 1 atom stereocenters. The van der Waals surface area contributed by atoms with Crippen molar-refractivity contribution < 1.29 is 4.79 Å².